The molecule has 0 spiro atoms. The average molecular weight is 389 g/mol. The van der Waals surface area contributed by atoms with Crippen molar-refractivity contribution in [1.29, 1.82) is 0 Å². The number of nitrogens with zero attached hydrogens (tertiary/aromatic N) is 2. The highest BCUT2D eigenvalue weighted by Gasteiger charge is 2.50. The maximum atomic E-state index is 12.9. The molecule has 2 heterocycles. The molecule has 0 radical (unpaired) electrons. The van der Waals surface area contributed by atoms with Gasteiger partial charge in [0, 0.05) is 6.54 Å². The van der Waals surface area contributed by atoms with Crippen LogP contribution in [0.1, 0.15) is 29.2 Å². The van der Waals surface area contributed by atoms with Gasteiger partial charge in [-0.15, -0.1) is 0 Å². The summed E-state index contributed by atoms with van der Waals surface area (Å²) in [5, 5.41) is 2.78. The van der Waals surface area contributed by atoms with Crippen LogP contribution in [0.2, 0.25) is 0 Å². The Labute approximate surface area is 160 Å². The van der Waals surface area contributed by atoms with Crippen LogP contribution in [-0.4, -0.2) is 42.0 Å². The highest BCUT2D eigenvalue weighted by molar-refractivity contribution is 7.17. The molecule has 1 atom stereocenters. The lowest BCUT2D eigenvalue weighted by molar-refractivity contribution is -0.145. The van der Waals surface area contributed by atoms with Crippen molar-refractivity contribution in [3.63, 3.8) is 0 Å². The monoisotopic (exact) mass is 389 g/mol. The summed E-state index contributed by atoms with van der Waals surface area (Å²) in [6.45, 7) is 5.28. The van der Waals surface area contributed by atoms with Crippen molar-refractivity contribution in [1.82, 2.24) is 4.98 Å². The minimum absolute atomic E-state index is 0.192. The number of likely N-dealkylation sites (N-methyl/N-ethyl adjacent to an activating group) is 1. The number of nitrogens with one attached hydrogen (secondary N) is 1. The smallest absolute Gasteiger partial charge is 0.350 e. The number of benzene rings is 1. The fourth-order valence-corrected chi connectivity index (χ4v) is 3.68. The van der Waals surface area contributed by atoms with E-state index in [0.717, 1.165) is 11.3 Å². The standard InChI is InChI=1S/C18H19N3O5S/c1-5-21-11-8-6-7-9-12(11)26-18(3,16(21)24)15(23)20-17-19-10(2)13(27-17)14(22)25-4/h6-9H,5H2,1-4H3,(H,19,20,23). The molecule has 9 heteroatoms. The number of hydrogen-bond donors (Lipinski definition) is 1. The maximum Gasteiger partial charge on any atom is 0.350 e. The average Bonchev–Trinajstić information content (AvgIpc) is 3.02. The van der Waals surface area contributed by atoms with E-state index in [9.17, 15) is 14.4 Å². The van der Waals surface area contributed by atoms with Crippen LogP contribution in [0.5, 0.6) is 5.75 Å². The predicted octanol–water partition coefficient (Wildman–Crippen LogP) is 2.38. The van der Waals surface area contributed by atoms with Gasteiger partial charge in [-0.1, -0.05) is 23.5 Å². The number of carbonyl (C=O) groups is 3. The Balaban J connectivity index is 1.90. The molecule has 3 rings (SSSR count). The Kier molecular flexibility index (Phi) is 4.88. The van der Waals surface area contributed by atoms with E-state index in [1.807, 2.05) is 6.92 Å². The fraction of sp³-hybridized carbons (Fsp3) is 0.333. The Morgan fingerprint density at radius 1 is 1.37 bits per heavy atom. The first-order valence-corrected chi connectivity index (χ1v) is 9.10. The third-order valence-corrected chi connectivity index (χ3v) is 5.31. The van der Waals surface area contributed by atoms with Gasteiger partial charge in [-0.25, -0.2) is 9.78 Å². The van der Waals surface area contributed by atoms with Crippen molar-refractivity contribution >= 4 is 39.9 Å². The number of anilines is 2. The lowest BCUT2D eigenvalue weighted by Crippen LogP contribution is -2.60. The molecule has 142 valence electrons. The van der Waals surface area contributed by atoms with Gasteiger partial charge in [-0.2, -0.15) is 0 Å². The van der Waals surface area contributed by atoms with Crippen molar-refractivity contribution in [2.75, 3.05) is 23.9 Å². The van der Waals surface area contributed by atoms with Crippen LogP contribution in [0.4, 0.5) is 10.8 Å². The van der Waals surface area contributed by atoms with E-state index in [1.165, 1.54) is 18.9 Å². The minimum Gasteiger partial charge on any atom is -0.465 e. The molecule has 1 aromatic carbocycles. The van der Waals surface area contributed by atoms with E-state index in [1.54, 1.807) is 31.2 Å². The minimum atomic E-state index is -1.75. The lowest BCUT2D eigenvalue weighted by Gasteiger charge is -2.38. The molecular weight excluding hydrogens is 370 g/mol. The molecule has 1 unspecified atom stereocenters. The lowest BCUT2D eigenvalue weighted by atomic mass is 10.00. The zero-order chi connectivity index (χ0) is 19.8. The molecule has 8 nitrogen and oxygen atoms in total. The molecule has 1 aliphatic rings. The van der Waals surface area contributed by atoms with Crippen molar-refractivity contribution in [3.05, 3.63) is 34.8 Å². The highest BCUT2D eigenvalue weighted by atomic mass is 32.1. The molecule has 1 aromatic heterocycles. The van der Waals surface area contributed by atoms with E-state index < -0.39 is 23.4 Å². The summed E-state index contributed by atoms with van der Waals surface area (Å²) in [5.41, 5.74) is -0.702. The predicted molar refractivity (Wildman–Crippen MR) is 100 cm³/mol. The molecule has 0 saturated carbocycles. The number of hydrogen-bond acceptors (Lipinski definition) is 7. The molecule has 1 aliphatic heterocycles. The van der Waals surface area contributed by atoms with E-state index in [-0.39, 0.29) is 10.0 Å². The number of fused-ring (bicyclic) bond motifs is 1. The first kappa shape index (κ1) is 18.8. The van der Waals surface area contributed by atoms with Gasteiger partial charge < -0.3 is 14.4 Å². The highest BCUT2D eigenvalue weighted by Crippen LogP contribution is 2.38. The molecule has 1 N–H and O–H groups in total. The van der Waals surface area contributed by atoms with Crippen molar-refractivity contribution < 1.29 is 23.9 Å². The number of amides is 2. The van der Waals surface area contributed by atoms with Gasteiger partial charge in [0.05, 0.1) is 18.5 Å². The fourth-order valence-electron chi connectivity index (χ4n) is 2.80. The third kappa shape index (κ3) is 3.14. The summed E-state index contributed by atoms with van der Waals surface area (Å²) in [4.78, 5) is 43.5. The van der Waals surface area contributed by atoms with Gasteiger partial charge in [-0.05, 0) is 32.9 Å². The Hall–Kier alpha value is -2.94. The third-order valence-electron chi connectivity index (χ3n) is 4.26. The number of aryl methyl sites for hydroxylation is 1. The second kappa shape index (κ2) is 6.99. The first-order valence-electron chi connectivity index (χ1n) is 8.29. The van der Waals surface area contributed by atoms with E-state index in [2.05, 4.69) is 15.0 Å². The quantitative estimate of drug-likeness (QED) is 0.637. The molecule has 2 amide bonds. The van der Waals surface area contributed by atoms with Gasteiger partial charge in [-0.3, -0.25) is 14.9 Å². The molecular formula is C18H19N3O5S. The number of methoxy groups -OCH3 is 1. The maximum absolute atomic E-state index is 12.9. The van der Waals surface area contributed by atoms with Crippen LogP contribution in [-0.2, 0) is 14.3 Å². The Morgan fingerprint density at radius 2 is 2.07 bits per heavy atom. The largest absolute Gasteiger partial charge is 0.465 e. The first-order chi connectivity index (χ1) is 12.8. The number of aromatic nitrogens is 1. The Bertz CT molecular complexity index is 925. The van der Waals surface area contributed by atoms with Gasteiger partial charge in [0.2, 0.25) is 0 Å². The molecule has 27 heavy (non-hydrogen) atoms. The molecule has 0 bridgehead atoms. The summed E-state index contributed by atoms with van der Waals surface area (Å²) >= 11 is 0.979. The summed E-state index contributed by atoms with van der Waals surface area (Å²) in [6, 6.07) is 7.04. The molecule has 0 saturated heterocycles. The van der Waals surface area contributed by atoms with Crippen LogP contribution in [0.3, 0.4) is 0 Å². The summed E-state index contributed by atoms with van der Waals surface area (Å²) < 4.78 is 10.5. The number of para-hydroxylation sites is 2. The topological polar surface area (TPSA) is 97.8 Å². The van der Waals surface area contributed by atoms with E-state index in [4.69, 9.17) is 4.74 Å². The van der Waals surface area contributed by atoms with Gasteiger partial charge >= 0.3 is 5.97 Å². The number of esters is 1. The van der Waals surface area contributed by atoms with Gasteiger partial charge in [0.1, 0.15) is 10.6 Å². The Morgan fingerprint density at radius 3 is 2.74 bits per heavy atom. The van der Waals surface area contributed by atoms with Gasteiger partial charge in [0.25, 0.3) is 17.4 Å². The van der Waals surface area contributed by atoms with E-state index in [0.29, 0.717) is 23.7 Å². The molecule has 0 fully saturated rings. The van der Waals surface area contributed by atoms with Crippen LogP contribution < -0.4 is 15.0 Å². The molecule has 0 aliphatic carbocycles. The van der Waals surface area contributed by atoms with Crippen LogP contribution >= 0.6 is 11.3 Å². The normalized spacial score (nSPS) is 18.5. The van der Waals surface area contributed by atoms with Crippen molar-refractivity contribution in [2.24, 2.45) is 0 Å². The van der Waals surface area contributed by atoms with Crippen molar-refractivity contribution in [3.8, 4) is 5.75 Å². The van der Waals surface area contributed by atoms with E-state index >= 15 is 0 Å². The second-order valence-corrected chi connectivity index (χ2v) is 7.03. The van der Waals surface area contributed by atoms with Crippen LogP contribution in [0.25, 0.3) is 0 Å². The number of carbonyl (C=O) groups excluding carboxylic acids is 3. The summed E-state index contributed by atoms with van der Waals surface area (Å²) in [5.74, 6) is -1.22. The van der Waals surface area contributed by atoms with Crippen LogP contribution in [0.15, 0.2) is 24.3 Å². The number of thiazole rings is 1. The number of rotatable bonds is 4. The molecule has 2 aromatic rings. The van der Waals surface area contributed by atoms with Crippen LogP contribution in [0, 0.1) is 6.92 Å². The van der Waals surface area contributed by atoms with Gasteiger partial charge in [0.15, 0.2) is 5.13 Å². The second-order valence-electron chi connectivity index (χ2n) is 6.03. The van der Waals surface area contributed by atoms with Crippen molar-refractivity contribution in [2.45, 2.75) is 26.4 Å². The SMILES string of the molecule is CCN1C(=O)C(C)(C(=O)Nc2nc(C)c(C(=O)OC)s2)Oc2ccccc21. The number of ether oxygens (including phenoxy) is 2. The summed E-state index contributed by atoms with van der Waals surface area (Å²) in [6.07, 6.45) is 0. The zero-order valence-electron chi connectivity index (χ0n) is 15.4. The summed E-state index contributed by atoms with van der Waals surface area (Å²) in [7, 11) is 1.27. The zero-order valence-corrected chi connectivity index (χ0v) is 16.2.